The van der Waals surface area contributed by atoms with Gasteiger partial charge in [-0.2, -0.15) is 0 Å². The summed E-state index contributed by atoms with van der Waals surface area (Å²) in [5.74, 6) is 0.153. The standard InChI is InChI=1S/C16H20N2O4/c1-21-14-5-3-2-4-13(14)17-15(19)11-10-12(11)16(20)18-6-8-22-9-7-18/h2-5,11-12H,6-10H2,1H3,(H,17,19). The molecule has 118 valence electrons. The van der Waals surface area contributed by atoms with Crippen LogP contribution in [0.25, 0.3) is 0 Å². The third-order valence-corrected chi connectivity index (χ3v) is 4.13. The molecule has 2 atom stereocenters. The zero-order valence-corrected chi connectivity index (χ0v) is 12.6. The van der Waals surface area contributed by atoms with Gasteiger partial charge in [0, 0.05) is 13.1 Å². The lowest BCUT2D eigenvalue weighted by atomic mass is 10.2. The topological polar surface area (TPSA) is 67.9 Å². The molecule has 2 amide bonds. The monoisotopic (exact) mass is 304 g/mol. The van der Waals surface area contributed by atoms with Gasteiger partial charge in [-0.05, 0) is 18.6 Å². The van der Waals surface area contributed by atoms with Gasteiger partial charge >= 0.3 is 0 Å². The van der Waals surface area contributed by atoms with Crippen molar-refractivity contribution in [2.45, 2.75) is 6.42 Å². The predicted octanol–water partition coefficient (Wildman–Crippen LogP) is 1.13. The van der Waals surface area contributed by atoms with E-state index in [9.17, 15) is 9.59 Å². The van der Waals surface area contributed by atoms with Crippen molar-refractivity contribution in [2.24, 2.45) is 11.8 Å². The van der Waals surface area contributed by atoms with E-state index in [0.29, 0.717) is 44.2 Å². The smallest absolute Gasteiger partial charge is 0.228 e. The zero-order valence-electron chi connectivity index (χ0n) is 12.6. The number of morpholine rings is 1. The van der Waals surface area contributed by atoms with Crippen LogP contribution in [-0.2, 0) is 14.3 Å². The number of methoxy groups -OCH3 is 1. The van der Waals surface area contributed by atoms with Crippen LogP contribution < -0.4 is 10.1 Å². The van der Waals surface area contributed by atoms with Crippen LogP contribution >= 0.6 is 0 Å². The molecule has 6 heteroatoms. The summed E-state index contributed by atoms with van der Waals surface area (Å²) in [6.45, 7) is 2.40. The first-order chi connectivity index (χ1) is 10.7. The third-order valence-electron chi connectivity index (χ3n) is 4.13. The highest BCUT2D eigenvalue weighted by Crippen LogP contribution is 2.41. The Morgan fingerprint density at radius 1 is 1.23 bits per heavy atom. The van der Waals surface area contributed by atoms with Crippen molar-refractivity contribution >= 4 is 17.5 Å². The Morgan fingerprint density at radius 3 is 2.68 bits per heavy atom. The number of nitrogens with zero attached hydrogens (tertiary/aromatic N) is 1. The minimum absolute atomic E-state index is 0.0727. The highest BCUT2D eigenvalue weighted by Gasteiger charge is 2.49. The average Bonchev–Trinajstić information content (AvgIpc) is 3.36. The summed E-state index contributed by atoms with van der Waals surface area (Å²) < 4.78 is 10.5. The normalized spacial score (nSPS) is 23.8. The van der Waals surface area contributed by atoms with E-state index in [1.54, 1.807) is 24.1 Å². The average molecular weight is 304 g/mol. The Labute approximate surface area is 129 Å². The number of benzene rings is 1. The van der Waals surface area contributed by atoms with Crippen LogP contribution in [0.5, 0.6) is 5.75 Å². The number of hydrogen-bond donors (Lipinski definition) is 1. The molecule has 1 aliphatic heterocycles. The number of ether oxygens (including phenoxy) is 2. The summed E-state index contributed by atoms with van der Waals surface area (Å²) in [7, 11) is 1.56. The molecule has 1 saturated carbocycles. The van der Waals surface area contributed by atoms with Crippen LogP contribution in [0.2, 0.25) is 0 Å². The van der Waals surface area contributed by atoms with E-state index in [2.05, 4.69) is 5.32 Å². The van der Waals surface area contributed by atoms with Gasteiger partial charge < -0.3 is 19.7 Å². The van der Waals surface area contributed by atoms with Crippen molar-refractivity contribution in [3.8, 4) is 5.75 Å². The van der Waals surface area contributed by atoms with Crippen LogP contribution in [-0.4, -0.2) is 50.1 Å². The van der Waals surface area contributed by atoms with Gasteiger partial charge in [0.05, 0.1) is 37.8 Å². The number of amides is 2. The van der Waals surface area contributed by atoms with Crippen molar-refractivity contribution in [3.63, 3.8) is 0 Å². The number of para-hydroxylation sites is 2. The molecular weight excluding hydrogens is 284 g/mol. The summed E-state index contributed by atoms with van der Waals surface area (Å²) in [4.78, 5) is 26.4. The van der Waals surface area contributed by atoms with Crippen molar-refractivity contribution in [2.75, 3.05) is 38.7 Å². The number of nitrogens with one attached hydrogen (secondary N) is 1. The quantitative estimate of drug-likeness (QED) is 0.905. The van der Waals surface area contributed by atoms with Gasteiger partial charge in [-0.3, -0.25) is 9.59 Å². The van der Waals surface area contributed by atoms with Crippen molar-refractivity contribution in [1.29, 1.82) is 0 Å². The molecule has 0 aromatic heterocycles. The Morgan fingerprint density at radius 2 is 1.95 bits per heavy atom. The fraction of sp³-hybridized carbons (Fsp3) is 0.500. The highest BCUT2D eigenvalue weighted by atomic mass is 16.5. The fourth-order valence-electron chi connectivity index (χ4n) is 2.75. The minimum atomic E-state index is -0.236. The van der Waals surface area contributed by atoms with Crippen molar-refractivity contribution in [3.05, 3.63) is 24.3 Å². The maximum Gasteiger partial charge on any atom is 0.228 e. The summed E-state index contributed by atoms with van der Waals surface area (Å²) in [6, 6.07) is 7.26. The summed E-state index contributed by atoms with van der Waals surface area (Å²) in [5, 5.41) is 2.85. The molecule has 1 aromatic rings. The summed E-state index contributed by atoms with van der Waals surface area (Å²) in [6.07, 6.45) is 0.622. The molecule has 6 nitrogen and oxygen atoms in total. The molecule has 1 aromatic carbocycles. The Bertz CT molecular complexity index is 569. The first kappa shape index (κ1) is 14.8. The Hall–Kier alpha value is -2.08. The van der Waals surface area contributed by atoms with Crippen LogP contribution in [0.3, 0.4) is 0 Å². The van der Waals surface area contributed by atoms with Gasteiger partial charge in [-0.15, -0.1) is 0 Å². The lowest BCUT2D eigenvalue weighted by Gasteiger charge is -2.27. The third kappa shape index (κ3) is 3.06. The van der Waals surface area contributed by atoms with E-state index in [4.69, 9.17) is 9.47 Å². The molecule has 1 aliphatic carbocycles. The van der Waals surface area contributed by atoms with Gasteiger partial charge in [-0.1, -0.05) is 12.1 Å². The molecular formula is C16H20N2O4. The van der Waals surface area contributed by atoms with E-state index in [0.717, 1.165) is 0 Å². The van der Waals surface area contributed by atoms with E-state index in [-0.39, 0.29) is 23.7 Å². The molecule has 1 saturated heterocycles. The fourth-order valence-corrected chi connectivity index (χ4v) is 2.75. The van der Waals surface area contributed by atoms with Gasteiger partial charge in [0.1, 0.15) is 5.75 Å². The molecule has 0 bridgehead atoms. The Balaban J connectivity index is 1.57. The maximum absolute atomic E-state index is 12.3. The number of rotatable bonds is 4. The predicted molar refractivity (Wildman–Crippen MR) is 80.6 cm³/mol. The maximum atomic E-state index is 12.3. The van der Waals surface area contributed by atoms with Crippen molar-refractivity contribution in [1.82, 2.24) is 4.90 Å². The zero-order chi connectivity index (χ0) is 15.5. The van der Waals surface area contributed by atoms with Crippen molar-refractivity contribution < 1.29 is 19.1 Å². The van der Waals surface area contributed by atoms with Crippen LogP contribution in [0, 0.1) is 11.8 Å². The highest BCUT2D eigenvalue weighted by molar-refractivity contribution is 6.00. The van der Waals surface area contributed by atoms with Crippen LogP contribution in [0.1, 0.15) is 6.42 Å². The molecule has 2 fully saturated rings. The first-order valence-electron chi connectivity index (χ1n) is 7.51. The van der Waals surface area contributed by atoms with Gasteiger partial charge in [0.15, 0.2) is 0 Å². The first-order valence-corrected chi connectivity index (χ1v) is 7.51. The van der Waals surface area contributed by atoms with Gasteiger partial charge in [0.2, 0.25) is 11.8 Å². The Kier molecular flexibility index (Phi) is 4.29. The molecule has 2 aliphatic rings. The second-order valence-electron chi connectivity index (χ2n) is 5.58. The molecule has 22 heavy (non-hydrogen) atoms. The lowest BCUT2D eigenvalue weighted by molar-refractivity contribution is -0.137. The second-order valence-corrected chi connectivity index (χ2v) is 5.58. The molecule has 3 rings (SSSR count). The number of carbonyl (C=O) groups is 2. The van der Waals surface area contributed by atoms with Crippen LogP contribution in [0.15, 0.2) is 24.3 Å². The molecule has 1 heterocycles. The van der Waals surface area contributed by atoms with Gasteiger partial charge in [0.25, 0.3) is 0 Å². The SMILES string of the molecule is COc1ccccc1NC(=O)C1CC1C(=O)N1CCOCC1. The van der Waals surface area contributed by atoms with E-state index >= 15 is 0 Å². The second kappa shape index (κ2) is 6.36. The van der Waals surface area contributed by atoms with E-state index < -0.39 is 0 Å². The number of hydrogen-bond acceptors (Lipinski definition) is 4. The minimum Gasteiger partial charge on any atom is -0.495 e. The molecule has 0 radical (unpaired) electrons. The summed E-state index contributed by atoms with van der Waals surface area (Å²) in [5.41, 5.74) is 0.638. The molecule has 1 N–H and O–H groups in total. The molecule has 2 unspecified atom stereocenters. The number of anilines is 1. The summed E-state index contributed by atoms with van der Waals surface area (Å²) >= 11 is 0. The number of carbonyl (C=O) groups excluding carboxylic acids is 2. The van der Waals surface area contributed by atoms with E-state index in [1.807, 2.05) is 12.1 Å². The van der Waals surface area contributed by atoms with E-state index in [1.165, 1.54) is 0 Å². The van der Waals surface area contributed by atoms with Crippen LogP contribution in [0.4, 0.5) is 5.69 Å². The molecule has 0 spiro atoms. The lowest BCUT2D eigenvalue weighted by Crippen LogP contribution is -2.42. The van der Waals surface area contributed by atoms with Gasteiger partial charge in [-0.25, -0.2) is 0 Å². The largest absolute Gasteiger partial charge is 0.495 e.